The van der Waals surface area contributed by atoms with Crippen molar-refractivity contribution in [1.82, 2.24) is 4.90 Å². The van der Waals surface area contributed by atoms with E-state index in [9.17, 15) is 13.8 Å². The SMILES string of the molecule is C=C1c2ccccc2C(=O)N1CC(=O)Nc1cccc(CS(=O)C2CCOCC2)c1. The maximum absolute atomic E-state index is 12.6. The van der Waals surface area contributed by atoms with Crippen LogP contribution in [0.1, 0.15) is 34.3 Å². The molecule has 2 aliphatic heterocycles. The average Bonchev–Trinajstić information content (AvgIpc) is 3.00. The van der Waals surface area contributed by atoms with E-state index in [2.05, 4.69) is 11.9 Å². The molecule has 0 aromatic heterocycles. The minimum atomic E-state index is -0.972. The van der Waals surface area contributed by atoms with Crippen LogP contribution in [0.5, 0.6) is 0 Å². The Labute approximate surface area is 178 Å². The van der Waals surface area contributed by atoms with Gasteiger partial charge in [-0.3, -0.25) is 18.7 Å². The standard InChI is InChI=1S/C23H24N2O4S/c1-16-20-7-2-3-8-21(20)23(27)25(16)14-22(26)24-18-6-4-5-17(13-18)15-30(28)19-9-11-29-12-10-19/h2-8,13,19H,1,9-12,14-15H2,(H,24,26). The van der Waals surface area contributed by atoms with Crippen LogP contribution in [0.2, 0.25) is 0 Å². The summed E-state index contributed by atoms with van der Waals surface area (Å²) in [6.45, 7) is 5.18. The van der Waals surface area contributed by atoms with Gasteiger partial charge in [-0.2, -0.15) is 0 Å². The number of hydrogen-bond acceptors (Lipinski definition) is 4. The second kappa shape index (κ2) is 8.93. The van der Waals surface area contributed by atoms with Gasteiger partial charge in [0.2, 0.25) is 5.91 Å². The number of ether oxygens (including phenoxy) is 1. The van der Waals surface area contributed by atoms with Crippen molar-refractivity contribution in [3.8, 4) is 0 Å². The molecule has 0 saturated carbocycles. The molecule has 4 rings (SSSR count). The number of nitrogens with one attached hydrogen (secondary N) is 1. The Balaban J connectivity index is 1.37. The summed E-state index contributed by atoms with van der Waals surface area (Å²) in [5.74, 6) is -0.0724. The third-order valence-corrected chi connectivity index (χ3v) is 7.23. The molecule has 2 amide bonds. The molecule has 0 aliphatic carbocycles. The van der Waals surface area contributed by atoms with Crippen LogP contribution in [0.3, 0.4) is 0 Å². The summed E-state index contributed by atoms with van der Waals surface area (Å²) in [4.78, 5) is 26.5. The predicted octanol–water partition coefficient (Wildman–Crippen LogP) is 3.18. The van der Waals surface area contributed by atoms with Crippen LogP contribution in [0.4, 0.5) is 5.69 Å². The Morgan fingerprint density at radius 2 is 1.87 bits per heavy atom. The smallest absolute Gasteiger partial charge is 0.259 e. The van der Waals surface area contributed by atoms with Gasteiger partial charge < -0.3 is 10.1 Å². The maximum atomic E-state index is 12.6. The van der Waals surface area contributed by atoms with Gasteiger partial charge in [-0.15, -0.1) is 0 Å². The van der Waals surface area contributed by atoms with Crippen LogP contribution in [-0.2, 0) is 26.1 Å². The van der Waals surface area contributed by atoms with Crippen molar-refractivity contribution in [2.75, 3.05) is 25.1 Å². The minimum Gasteiger partial charge on any atom is -0.381 e. The number of fused-ring (bicyclic) bond motifs is 1. The van der Waals surface area contributed by atoms with Gasteiger partial charge in [0.05, 0.1) is 0 Å². The highest BCUT2D eigenvalue weighted by Gasteiger charge is 2.31. The molecule has 7 heteroatoms. The first-order valence-corrected chi connectivity index (χ1v) is 11.3. The highest BCUT2D eigenvalue weighted by Crippen LogP contribution is 2.30. The van der Waals surface area contributed by atoms with Gasteiger partial charge in [-0.25, -0.2) is 0 Å². The summed E-state index contributed by atoms with van der Waals surface area (Å²) < 4.78 is 18.0. The second-order valence-corrected chi connectivity index (χ2v) is 9.19. The van der Waals surface area contributed by atoms with Crippen molar-refractivity contribution in [2.24, 2.45) is 0 Å². The third kappa shape index (κ3) is 4.37. The second-order valence-electron chi connectivity index (χ2n) is 7.47. The summed E-state index contributed by atoms with van der Waals surface area (Å²) in [7, 11) is -0.972. The Kier molecular flexibility index (Phi) is 6.11. The first-order chi connectivity index (χ1) is 14.5. The normalized spacial score (nSPS) is 17.7. The molecule has 2 aromatic rings. The highest BCUT2D eigenvalue weighted by atomic mass is 32.2. The van der Waals surface area contributed by atoms with Crippen molar-refractivity contribution in [3.63, 3.8) is 0 Å². The summed E-state index contributed by atoms with van der Waals surface area (Å²) in [5.41, 5.74) is 3.38. The predicted molar refractivity (Wildman–Crippen MR) is 117 cm³/mol. The molecule has 1 atom stereocenters. The molecule has 2 heterocycles. The van der Waals surface area contributed by atoms with Crippen LogP contribution in [0.15, 0.2) is 55.1 Å². The van der Waals surface area contributed by atoms with E-state index in [1.807, 2.05) is 30.3 Å². The van der Waals surface area contributed by atoms with Gasteiger partial charge in [-0.1, -0.05) is 36.9 Å². The Morgan fingerprint density at radius 3 is 2.60 bits per heavy atom. The van der Waals surface area contributed by atoms with E-state index in [1.165, 1.54) is 4.90 Å². The number of anilines is 1. The van der Waals surface area contributed by atoms with E-state index in [0.29, 0.717) is 35.9 Å². The molecule has 1 N–H and O–H groups in total. The molecule has 2 aromatic carbocycles. The number of rotatable bonds is 6. The Hall–Kier alpha value is -2.77. The van der Waals surface area contributed by atoms with Gasteiger partial charge >= 0.3 is 0 Å². The van der Waals surface area contributed by atoms with E-state index < -0.39 is 10.8 Å². The quantitative estimate of drug-likeness (QED) is 0.773. The molecule has 0 spiro atoms. The third-order valence-electron chi connectivity index (χ3n) is 5.40. The number of benzene rings is 2. The van der Waals surface area contributed by atoms with Crippen molar-refractivity contribution in [3.05, 3.63) is 71.8 Å². The first-order valence-electron chi connectivity index (χ1n) is 9.97. The van der Waals surface area contributed by atoms with Crippen molar-refractivity contribution >= 4 is 34.0 Å². The lowest BCUT2D eigenvalue weighted by Crippen LogP contribution is -2.32. The number of nitrogens with zero attached hydrogens (tertiary/aromatic N) is 1. The fourth-order valence-corrected chi connectivity index (χ4v) is 5.27. The lowest BCUT2D eigenvalue weighted by Gasteiger charge is -2.21. The Bertz CT molecular complexity index is 979. The van der Waals surface area contributed by atoms with Crippen molar-refractivity contribution < 1.29 is 18.5 Å². The van der Waals surface area contributed by atoms with E-state index >= 15 is 0 Å². The largest absolute Gasteiger partial charge is 0.381 e. The minimum absolute atomic E-state index is 0.107. The van der Waals surface area contributed by atoms with Gasteiger partial charge in [0.1, 0.15) is 6.54 Å². The van der Waals surface area contributed by atoms with E-state index in [1.54, 1.807) is 18.2 Å². The highest BCUT2D eigenvalue weighted by molar-refractivity contribution is 7.84. The van der Waals surface area contributed by atoms with E-state index in [4.69, 9.17) is 4.74 Å². The molecule has 0 bridgehead atoms. The van der Waals surface area contributed by atoms with Crippen LogP contribution < -0.4 is 5.32 Å². The van der Waals surface area contributed by atoms with Gasteiger partial charge in [-0.05, 0) is 36.6 Å². The Morgan fingerprint density at radius 1 is 1.13 bits per heavy atom. The number of hydrogen-bond donors (Lipinski definition) is 1. The van der Waals surface area contributed by atoms with Crippen LogP contribution in [-0.4, -0.2) is 45.9 Å². The molecule has 1 fully saturated rings. The molecule has 2 aliphatic rings. The van der Waals surface area contributed by atoms with Crippen LogP contribution >= 0.6 is 0 Å². The lowest BCUT2D eigenvalue weighted by molar-refractivity contribution is -0.116. The fraction of sp³-hybridized carbons (Fsp3) is 0.304. The molecule has 1 unspecified atom stereocenters. The van der Waals surface area contributed by atoms with Crippen molar-refractivity contribution in [2.45, 2.75) is 23.8 Å². The van der Waals surface area contributed by atoms with Gasteiger partial charge in [0.15, 0.2) is 0 Å². The first kappa shape index (κ1) is 20.5. The average molecular weight is 425 g/mol. The van der Waals surface area contributed by atoms with E-state index in [0.717, 1.165) is 24.0 Å². The maximum Gasteiger partial charge on any atom is 0.259 e. The fourth-order valence-electron chi connectivity index (χ4n) is 3.81. The van der Waals surface area contributed by atoms with Gasteiger partial charge in [0, 0.05) is 57.5 Å². The zero-order valence-electron chi connectivity index (χ0n) is 16.6. The number of carbonyl (C=O) groups excluding carboxylic acids is 2. The zero-order valence-corrected chi connectivity index (χ0v) is 17.5. The van der Waals surface area contributed by atoms with E-state index in [-0.39, 0.29) is 23.6 Å². The van der Waals surface area contributed by atoms with Gasteiger partial charge in [0.25, 0.3) is 5.91 Å². The molecule has 156 valence electrons. The lowest BCUT2D eigenvalue weighted by atomic mass is 10.1. The molecule has 6 nitrogen and oxygen atoms in total. The van der Waals surface area contributed by atoms with Crippen LogP contribution in [0, 0.1) is 0 Å². The van der Waals surface area contributed by atoms with Crippen LogP contribution in [0.25, 0.3) is 5.70 Å². The topological polar surface area (TPSA) is 75.7 Å². The molecule has 0 radical (unpaired) electrons. The molecular formula is C23H24N2O4S. The number of amides is 2. The summed E-state index contributed by atoms with van der Waals surface area (Å²) in [6.07, 6.45) is 1.64. The number of carbonyl (C=O) groups is 2. The molecule has 1 saturated heterocycles. The summed E-state index contributed by atoms with van der Waals surface area (Å²) >= 11 is 0. The van der Waals surface area contributed by atoms with Crippen molar-refractivity contribution in [1.29, 1.82) is 0 Å². The molecular weight excluding hydrogens is 400 g/mol. The zero-order chi connectivity index (χ0) is 21.1. The molecule has 30 heavy (non-hydrogen) atoms. The monoisotopic (exact) mass is 424 g/mol. The summed E-state index contributed by atoms with van der Waals surface area (Å²) in [6, 6.07) is 14.6. The summed E-state index contributed by atoms with van der Waals surface area (Å²) in [5, 5.41) is 3.00.